The lowest BCUT2D eigenvalue weighted by molar-refractivity contribution is -0.324. The second-order valence-electron chi connectivity index (χ2n) is 8.59. The van der Waals surface area contributed by atoms with Crippen LogP contribution in [0.25, 0.3) is 0 Å². The molecule has 194 valence electrons. The smallest absolute Gasteiger partial charge is 0.430 e. The SMILES string of the molecule is CC1CCC(C(F)(F)OC2CCC(C(F)(F)Oc3cc(F)c(OC(F)(F)F)c(F)c3)OC2)CC1. The number of alkyl halides is 7. The highest BCUT2D eigenvalue weighted by Gasteiger charge is 2.49. The van der Waals surface area contributed by atoms with Crippen LogP contribution in [0.5, 0.6) is 11.5 Å². The van der Waals surface area contributed by atoms with Gasteiger partial charge in [0.05, 0.1) is 18.6 Å². The van der Waals surface area contributed by atoms with Crippen molar-refractivity contribution >= 4 is 0 Å². The quantitative estimate of drug-likeness (QED) is 0.378. The van der Waals surface area contributed by atoms with E-state index < -0.39 is 72.9 Å². The Kier molecular flexibility index (Phi) is 7.86. The number of hydrogen-bond acceptors (Lipinski definition) is 4. The maximum Gasteiger partial charge on any atom is 0.573 e. The van der Waals surface area contributed by atoms with Crippen LogP contribution in [-0.4, -0.2) is 37.4 Å². The van der Waals surface area contributed by atoms with Gasteiger partial charge in [-0.1, -0.05) is 19.8 Å². The molecule has 0 bridgehead atoms. The summed E-state index contributed by atoms with van der Waals surface area (Å²) in [5, 5.41) is 0. The van der Waals surface area contributed by atoms with Gasteiger partial charge in [-0.25, -0.2) is 8.78 Å². The molecule has 2 atom stereocenters. The predicted molar refractivity (Wildman–Crippen MR) is 98.5 cm³/mol. The summed E-state index contributed by atoms with van der Waals surface area (Å²) in [6.07, 6.45) is -15.0. The highest BCUT2D eigenvalue weighted by molar-refractivity contribution is 5.35. The Morgan fingerprint density at radius 1 is 0.794 bits per heavy atom. The minimum absolute atomic E-state index is 0.0956. The van der Waals surface area contributed by atoms with E-state index in [1.807, 2.05) is 6.92 Å². The van der Waals surface area contributed by atoms with Crippen molar-refractivity contribution in [1.29, 1.82) is 0 Å². The van der Waals surface area contributed by atoms with E-state index in [1.54, 1.807) is 0 Å². The molecule has 1 saturated carbocycles. The molecule has 13 heteroatoms. The monoisotopic (exact) mass is 510 g/mol. The summed E-state index contributed by atoms with van der Waals surface area (Å²) in [6, 6.07) is 0.191. The Hall–Kier alpha value is -1.89. The highest BCUT2D eigenvalue weighted by Crippen LogP contribution is 2.42. The van der Waals surface area contributed by atoms with Crippen molar-refractivity contribution in [3.05, 3.63) is 23.8 Å². The normalized spacial score (nSPS) is 26.9. The molecule has 1 heterocycles. The largest absolute Gasteiger partial charge is 0.573 e. The topological polar surface area (TPSA) is 36.9 Å². The fourth-order valence-corrected chi connectivity index (χ4v) is 4.03. The van der Waals surface area contributed by atoms with Crippen molar-refractivity contribution in [3.63, 3.8) is 0 Å². The molecule has 0 amide bonds. The molecule has 1 aliphatic heterocycles. The van der Waals surface area contributed by atoms with E-state index in [9.17, 15) is 39.5 Å². The molecule has 1 aromatic carbocycles. The lowest BCUT2D eigenvalue weighted by Crippen LogP contribution is -2.48. The first kappa shape index (κ1) is 26.7. The molecular weight excluding hydrogens is 487 g/mol. The van der Waals surface area contributed by atoms with Crippen molar-refractivity contribution < 1.29 is 58.5 Å². The van der Waals surface area contributed by atoms with Gasteiger partial charge >= 0.3 is 18.6 Å². The van der Waals surface area contributed by atoms with Crippen LogP contribution in [0.4, 0.5) is 39.5 Å². The molecule has 1 aliphatic carbocycles. The Balaban J connectivity index is 1.56. The molecule has 3 rings (SSSR count). The first-order chi connectivity index (χ1) is 15.7. The van der Waals surface area contributed by atoms with E-state index in [0.717, 1.165) is 0 Å². The number of ether oxygens (including phenoxy) is 4. The van der Waals surface area contributed by atoms with Gasteiger partial charge in [-0.3, -0.25) is 0 Å². The molecule has 0 radical (unpaired) electrons. The van der Waals surface area contributed by atoms with Crippen molar-refractivity contribution in [2.75, 3.05) is 6.61 Å². The molecule has 2 unspecified atom stereocenters. The molecule has 1 aromatic rings. The molecular formula is C21H23F9O4. The zero-order valence-electron chi connectivity index (χ0n) is 17.9. The van der Waals surface area contributed by atoms with Gasteiger partial charge in [0, 0.05) is 12.1 Å². The van der Waals surface area contributed by atoms with E-state index >= 15 is 0 Å². The number of hydrogen-bond donors (Lipinski definition) is 0. The molecule has 2 aliphatic rings. The first-order valence-corrected chi connectivity index (χ1v) is 10.6. The fourth-order valence-electron chi connectivity index (χ4n) is 4.03. The van der Waals surface area contributed by atoms with Gasteiger partial charge in [-0.05, 0) is 31.6 Å². The van der Waals surface area contributed by atoms with Gasteiger partial charge in [0.1, 0.15) is 5.75 Å². The predicted octanol–water partition coefficient (Wildman–Crippen LogP) is 6.82. The van der Waals surface area contributed by atoms with Crippen molar-refractivity contribution in [2.24, 2.45) is 11.8 Å². The summed E-state index contributed by atoms with van der Waals surface area (Å²) in [7, 11) is 0. The van der Waals surface area contributed by atoms with Crippen LogP contribution in [0, 0.1) is 23.5 Å². The summed E-state index contributed by atoms with van der Waals surface area (Å²) < 4.78 is 139. The molecule has 0 aromatic heterocycles. The summed E-state index contributed by atoms with van der Waals surface area (Å²) >= 11 is 0. The lowest BCUT2D eigenvalue weighted by Gasteiger charge is -2.37. The van der Waals surface area contributed by atoms with Crippen molar-refractivity contribution in [3.8, 4) is 11.5 Å². The average molecular weight is 510 g/mol. The maximum atomic E-state index is 14.4. The Labute approximate surface area is 189 Å². The van der Waals surface area contributed by atoms with Gasteiger partial charge in [0.2, 0.25) is 5.75 Å². The second kappa shape index (κ2) is 10.00. The summed E-state index contributed by atoms with van der Waals surface area (Å²) in [6.45, 7) is 1.38. The van der Waals surface area contributed by atoms with Gasteiger partial charge < -0.3 is 18.9 Å². The van der Waals surface area contributed by atoms with E-state index in [-0.39, 0.29) is 31.4 Å². The first-order valence-electron chi connectivity index (χ1n) is 10.6. The maximum absolute atomic E-state index is 14.4. The molecule has 0 spiro atoms. The van der Waals surface area contributed by atoms with Crippen LogP contribution in [-0.2, 0) is 9.47 Å². The molecule has 0 N–H and O–H groups in total. The summed E-state index contributed by atoms with van der Waals surface area (Å²) in [5.74, 6) is -7.40. The van der Waals surface area contributed by atoms with Crippen LogP contribution in [0.3, 0.4) is 0 Å². The van der Waals surface area contributed by atoms with Crippen molar-refractivity contribution in [2.45, 2.75) is 76.2 Å². The Morgan fingerprint density at radius 3 is 1.88 bits per heavy atom. The Morgan fingerprint density at radius 2 is 1.38 bits per heavy atom. The van der Waals surface area contributed by atoms with Crippen LogP contribution in [0.15, 0.2) is 12.1 Å². The third-order valence-corrected chi connectivity index (χ3v) is 5.87. The van der Waals surface area contributed by atoms with Crippen LogP contribution in [0.1, 0.15) is 45.4 Å². The highest BCUT2D eigenvalue weighted by atomic mass is 19.4. The zero-order valence-corrected chi connectivity index (χ0v) is 17.9. The standard InChI is InChI=1S/C21H23F9O4/c1-11-2-4-12(5-3-11)19(24,25)32-13-6-7-17(31-10-13)20(26,27)33-14-8-15(22)18(16(23)9-14)34-21(28,29)30/h8-9,11-13,17H,2-7,10H2,1H3. The van der Waals surface area contributed by atoms with Crippen LogP contribution < -0.4 is 9.47 Å². The minimum atomic E-state index is -5.41. The van der Waals surface area contributed by atoms with Gasteiger partial charge in [-0.15, -0.1) is 13.2 Å². The lowest BCUT2D eigenvalue weighted by atomic mass is 9.82. The third kappa shape index (κ3) is 6.83. The summed E-state index contributed by atoms with van der Waals surface area (Å²) in [4.78, 5) is 0. The Bertz CT molecular complexity index is 807. The van der Waals surface area contributed by atoms with E-state index in [1.165, 1.54) is 0 Å². The average Bonchev–Trinajstić information content (AvgIpc) is 2.70. The third-order valence-electron chi connectivity index (χ3n) is 5.87. The molecule has 1 saturated heterocycles. The number of rotatable bonds is 7. The van der Waals surface area contributed by atoms with E-state index in [0.29, 0.717) is 18.8 Å². The van der Waals surface area contributed by atoms with Gasteiger partial charge in [0.15, 0.2) is 17.7 Å². The number of halogens is 9. The molecule has 34 heavy (non-hydrogen) atoms. The molecule has 2 fully saturated rings. The van der Waals surface area contributed by atoms with E-state index in [2.05, 4.69) is 9.47 Å². The van der Waals surface area contributed by atoms with Gasteiger partial charge in [-0.2, -0.15) is 17.6 Å². The van der Waals surface area contributed by atoms with Crippen molar-refractivity contribution in [1.82, 2.24) is 0 Å². The van der Waals surface area contributed by atoms with Crippen LogP contribution in [0.2, 0.25) is 0 Å². The fraction of sp³-hybridized carbons (Fsp3) is 0.714. The minimum Gasteiger partial charge on any atom is -0.430 e. The summed E-state index contributed by atoms with van der Waals surface area (Å²) in [5.41, 5.74) is 0. The second-order valence-corrected chi connectivity index (χ2v) is 8.59. The van der Waals surface area contributed by atoms with Gasteiger partial charge in [0.25, 0.3) is 0 Å². The number of benzene rings is 1. The molecule has 4 nitrogen and oxygen atoms in total. The zero-order chi connectivity index (χ0) is 25.3. The van der Waals surface area contributed by atoms with E-state index in [4.69, 9.17) is 9.47 Å². The van der Waals surface area contributed by atoms with Crippen LogP contribution >= 0.6 is 0 Å².